The third-order valence-corrected chi connectivity index (χ3v) is 5.85. The van der Waals surface area contributed by atoms with Gasteiger partial charge in [0.1, 0.15) is 5.60 Å². The van der Waals surface area contributed by atoms with Crippen LogP contribution in [0.15, 0.2) is 46.3 Å². The maximum atomic E-state index is 11.9. The molecule has 0 atom stereocenters. The molecule has 0 aromatic heterocycles. The van der Waals surface area contributed by atoms with Crippen molar-refractivity contribution in [3.63, 3.8) is 0 Å². The normalized spacial score (nSPS) is 12.5. The minimum atomic E-state index is -0.424. The highest BCUT2D eigenvalue weighted by molar-refractivity contribution is 7.91. The standard InChI is InChI=1S/C23H31N3O2S/c1-23(2,3)28-22(27)8-7-13-26(6)17-10-12-19-21(15-17)29-20-14-16(25(4)5)9-11-18(20)24-19/h9-12,14-15,29H,7-8,13H2,1-6H3. The molecule has 1 heterocycles. The zero-order valence-electron chi connectivity index (χ0n) is 18.2. The molecule has 0 unspecified atom stereocenters. The second-order valence-electron chi connectivity index (χ2n) is 8.58. The van der Waals surface area contributed by atoms with E-state index in [1.165, 1.54) is 26.4 Å². The highest BCUT2D eigenvalue weighted by Crippen LogP contribution is 2.32. The average molecular weight is 414 g/mol. The summed E-state index contributed by atoms with van der Waals surface area (Å²) in [6.45, 7) is 6.49. The predicted molar refractivity (Wildman–Crippen MR) is 122 cm³/mol. The van der Waals surface area contributed by atoms with E-state index in [0.717, 1.165) is 29.7 Å². The summed E-state index contributed by atoms with van der Waals surface area (Å²) in [4.78, 5) is 22.3. The van der Waals surface area contributed by atoms with Crippen LogP contribution in [0.25, 0.3) is 0 Å². The Kier molecular flexibility index (Phi) is 6.32. The summed E-state index contributed by atoms with van der Waals surface area (Å²) in [7, 11) is 6.17. The van der Waals surface area contributed by atoms with Crippen LogP contribution in [-0.4, -0.2) is 39.3 Å². The minimum Gasteiger partial charge on any atom is -0.460 e. The topological polar surface area (TPSA) is 45.1 Å². The number of anilines is 2. The minimum absolute atomic E-state index is 0.137. The van der Waals surface area contributed by atoms with Gasteiger partial charge < -0.3 is 14.5 Å². The lowest BCUT2D eigenvalue weighted by atomic mass is 10.2. The van der Waals surface area contributed by atoms with Crippen molar-refractivity contribution in [2.45, 2.75) is 44.1 Å². The molecule has 6 heteroatoms. The van der Waals surface area contributed by atoms with Crippen molar-refractivity contribution in [2.75, 3.05) is 37.5 Å². The van der Waals surface area contributed by atoms with Gasteiger partial charge in [0.05, 0.1) is 11.0 Å². The highest BCUT2D eigenvalue weighted by atomic mass is 32.1. The number of carbonyl (C=O) groups is 1. The lowest BCUT2D eigenvalue weighted by molar-refractivity contribution is -0.154. The number of nitrogens with zero attached hydrogens (tertiary/aromatic N) is 3. The maximum Gasteiger partial charge on any atom is 0.306 e. The van der Waals surface area contributed by atoms with Gasteiger partial charge >= 0.3 is 5.97 Å². The monoisotopic (exact) mass is 413 g/mol. The second-order valence-corrected chi connectivity index (χ2v) is 9.76. The van der Waals surface area contributed by atoms with Gasteiger partial charge in [0.15, 0.2) is 0 Å². The zero-order valence-corrected chi connectivity index (χ0v) is 19.1. The molecule has 2 aromatic rings. The van der Waals surface area contributed by atoms with E-state index in [9.17, 15) is 4.79 Å². The lowest BCUT2D eigenvalue weighted by Gasteiger charge is -2.21. The van der Waals surface area contributed by atoms with Crippen LogP contribution in [0, 0.1) is 4.51 Å². The van der Waals surface area contributed by atoms with Gasteiger partial charge in [-0.1, -0.05) is 0 Å². The van der Waals surface area contributed by atoms with E-state index >= 15 is 0 Å². The van der Waals surface area contributed by atoms with Crippen LogP contribution in [0.2, 0.25) is 0 Å². The van der Waals surface area contributed by atoms with Crippen molar-refractivity contribution in [1.82, 2.24) is 0 Å². The molecule has 0 N–H and O–H groups in total. The van der Waals surface area contributed by atoms with Gasteiger partial charge in [-0.15, -0.1) is 0 Å². The molecule has 156 valence electrons. The quantitative estimate of drug-likeness (QED) is 0.371. The van der Waals surface area contributed by atoms with Crippen molar-refractivity contribution in [3.8, 4) is 0 Å². The number of ether oxygens (including phenoxy) is 1. The van der Waals surface area contributed by atoms with Crippen molar-refractivity contribution in [3.05, 3.63) is 46.3 Å². The smallest absolute Gasteiger partial charge is 0.306 e. The Morgan fingerprint density at radius 1 is 1.07 bits per heavy atom. The summed E-state index contributed by atoms with van der Waals surface area (Å²) in [5, 5.41) is 1.03. The Morgan fingerprint density at radius 2 is 1.79 bits per heavy atom. The molecule has 0 spiro atoms. The molecule has 1 aliphatic heterocycles. The Morgan fingerprint density at radius 3 is 2.48 bits per heavy atom. The zero-order chi connectivity index (χ0) is 21.2. The van der Waals surface area contributed by atoms with E-state index in [2.05, 4.69) is 67.3 Å². The summed E-state index contributed by atoms with van der Waals surface area (Å²) in [6.07, 6.45) is 1.19. The predicted octanol–water partition coefficient (Wildman–Crippen LogP) is 4.35. The largest absolute Gasteiger partial charge is 0.460 e. The fourth-order valence-corrected chi connectivity index (χ4v) is 4.28. The maximum absolute atomic E-state index is 11.9. The first kappa shape index (κ1) is 21.4. The summed E-state index contributed by atoms with van der Waals surface area (Å²) >= 11 is 1.18. The number of carbonyl (C=O) groups excluding carboxylic acids is 1. The van der Waals surface area contributed by atoms with Crippen LogP contribution in [0.1, 0.15) is 33.6 Å². The van der Waals surface area contributed by atoms with Gasteiger partial charge in [0.2, 0.25) is 0 Å². The van der Waals surface area contributed by atoms with Crippen molar-refractivity contribution in [2.24, 2.45) is 4.99 Å². The molecular weight excluding hydrogens is 382 g/mol. The molecule has 0 aliphatic carbocycles. The molecule has 0 bridgehead atoms. The van der Waals surface area contributed by atoms with Crippen LogP contribution in [-0.2, 0) is 9.53 Å². The van der Waals surface area contributed by atoms with E-state index in [4.69, 9.17) is 9.73 Å². The molecule has 2 aromatic carbocycles. The van der Waals surface area contributed by atoms with Gasteiger partial charge in [0.25, 0.3) is 0 Å². The summed E-state index contributed by atoms with van der Waals surface area (Å²) in [5.41, 5.74) is 2.95. The molecule has 3 rings (SSSR count). The highest BCUT2D eigenvalue weighted by Gasteiger charge is 2.16. The molecular formula is C23H31N3O2S. The summed E-state index contributed by atoms with van der Waals surface area (Å²) in [5.74, 6) is -0.137. The molecule has 0 fully saturated rings. The van der Waals surface area contributed by atoms with Gasteiger partial charge in [-0.3, -0.25) is 4.79 Å². The average Bonchev–Trinajstić information content (AvgIpc) is 2.63. The summed E-state index contributed by atoms with van der Waals surface area (Å²) < 4.78 is 6.60. The molecule has 0 amide bonds. The Labute approximate surface area is 177 Å². The Balaban J connectivity index is 1.71. The number of hydrogen-bond donors (Lipinski definition) is 1. The van der Waals surface area contributed by atoms with Crippen LogP contribution in [0.5, 0.6) is 0 Å². The van der Waals surface area contributed by atoms with Crippen LogP contribution in [0.4, 0.5) is 17.1 Å². The second kappa shape index (κ2) is 8.57. The number of rotatable bonds is 6. The van der Waals surface area contributed by atoms with Crippen molar-refractivity contribution >= 4 is 34.4 Å². The van der Waals surface area contributed by atoms with Crippen molar-refractivity contribution in [1.29, 1.82) is 0 Å². The number of esters is 1. The van der Waals surface area contributed by atoms with Gasteiger partial charge in [-0.2, -0.15) is 11.4 Å². The molecule has 0 saturated carbocycles. The number of thiol groups is 1. The van der Waals surface area contributed by atoms with E-state index in [-0.39, 0.29) is 5.97 Å². The van der Waals surface area contributed by atoms with Crippen molar-refractivity contribution < 1.29 is 9.53 Å². The number of fused-ring (bicyclic) bond motifs is 2. The van der Waals surface area contributed by atoms with Gasteiger partial charge in [-0.25, -0.2) is 4.99 Å². The van der Waals surface area contributed by atoms with Crippen LogP contribution in [0.3, 0.4) is 0 Å². The Bertz CT molecular complexity index is 1030. The molecule has 0 saturated heterocycles. The molecule has 0 radical (unpaired) electrons. The number of benzene rings is 2. The van der Waals surface area contributed by atoms with Crippen LogP contribution >= 0.6 is 11.4 Å². The van der Waals surface area contributed by atoms with E-state index in [0.29, 0.717) is 6.42 Å². The molecule has 5 nitrogen and oxygen atoms in total. The molecule has 29 heavy (non-hydrogen) atoms. The summed E-state index contributed by atoms with van der Waals surface area (Å²) in [6, 6.07) is 12.8. The lowest BCUT2D eigenvalue weighted by Crippen LogP contribution is -2.25. The van der Waals surface area contributed by atoms with Gasteiger partial charge in [0, 0.05) is 54.9 Å². The first-order valence-corrected chi connectivity index (χ1v) is 10.8. The Hall–Kier alpha value is -2.34. The first-order valence-electron chi connectivity index (χ1n) is 9.94. The van der Waals surface area contributed by atoms with E-state index < -0.39 is 5.60 Å². The van der Waals surface area contributed by atoms with E-state index in [1.807, 2.05) is 20.8 Å². The third-order valence-electron chi connectivity index (χ3n) is 4.65. The molecule has 1 aliphatic rings. The number of hydrogen-bond acceptors (Lipinski definition) is 5. The first-order chi connectivity index (χ1) is 13.6. The fraction of sp³-hybridized carbons (Fsp3) is 0.435. The van der Waals surface area contributed by atoms with Crippen LogP contribution < -0.4 is 15.2 Å². The third kappa shape index (κ3) is 5.60. The fourth-order valence-electron chi connectivity index (χ4n) is 3.15. The van der Waals surface area contributed by atoms with Gasteiger partial charge in [-0.05, 0) is 63.6 Å². The SMILES string of the molecule is CN(C)c1ccc2c(c1)[SH]=c1cc(N(C)CCCC(=O)OC(C)(C)C)ccc1=N2. The van der Waals surface area contributed by atoms with E-state index in [1.54, 1.807) is 0 Å².